The quantitative estimate of drug-likeness (QED) is 0.730. The second-order valence-electron chi connectivity index (χ2n) is 4.31. The Bertz CT molecular complexity index is 571. The van der Waals surface area contributed by atoms with Gasteiger partial charge in [0.05, 0.1) is 20.8 Å². The van der Waals surface area contributed by atoms with E-state index in [2.05, 4.69) is 10.1 Å². The molecule has 1 aromatic heterocycles. The first-order chi connectivity index (χ1) is 10.3. The van der Waals surface area contributed by atoms with Gasteiger partial charge in [0.25, 0.3) is 5.89 Å². The summed E-state index contributed by atoms with van der Waals surface area (Å²) >= 11 is 0. The first-order valence-corrected chi connectivity index (χ1v) is 6.57. The Morgan fingerprint density at radius 3 is 2.71 bits per heavy atom. The van der Waals surface area contributed by atoms with Crippen molar-refractivity contribution in [3.05, 3.63) is 35.5 Å². The molecule has 2 N–H and O–H groups in total. The summed E-state index contributed by atoms with van der Waals surface area (Å²) in [5, 5.41) is 3.92. The number of benzene rings is 1. The Morgan fingerprint density at radius 1 is 1.19 bits per heavy atom. The van der Waals surface area contributed by atoms with Gasteiger partial charge in [-0.15, -0.1) is 0 Å². The molecule has 0 saturated carbocycles. The molecule has 7 nitrogen and oxygen atoms in total. The zero-order valence-electron chi connectivity index (χ0n) is 12.2. The minimum absolute atomic E-state index is 0.274. The van der Waals surface area contributed by atoms with Crippen molar-refractivity contribution in [1.29, 1.82) is 0 Å². The second kappa shape index (κ2) is 7.61. The molecular formula is C14H19N3O4. The van der Waals surface area contributed by atoms with Crippen LogP contribution >= 0.6 is 0 Å². The molecule has 0 radical (unpaired) electrons. The van der Waals surface area contributed by atoms with E-state index in [1.807, 2.05) is 18.2 Å². The fourth-order valence-corrected chi connectivity index (χ4v) is 1.84. The van der Waals surface area contributed by atoms with Gasteiger partial charge in [-0.05, 0) is 17.7 Å². The van der Waals surface area contributed by atoms with Gasteiger partial charge in [0.2, 0.25) is 0 Å². The number of hydrogen-bond acceptors (Lipinski definition) is 7. The van der Waals surface area contributed by atoms with Crippen LogP contribution in [-0.4, -0.2) is 37.5 Å². The smallest absolute Gasteiger partial charge is 0.252 e. The molecule has 2 rings (SSSR count). The highest BCUT2D eigenvalue weighted by Gasteiger charge is 2.10. The maximum absolute atomic E-state index is 5.34. The summed E-state index contributed by atoms with van der Waals surface area (Å²) in [6.07, 6.45) is 0.542. The van der Waals surface area contributed by atoms with Crippen molar-refractivity contribution in [2.45, 2.75) is 13.0 Å². The molecular weight excluding hydrogens is 274 g/mol. The van der Waals surface area contributed by atoms with Crippen molar-refractivity contribution in [3.8, 4) is 11.5 Å². The van der Waals surface area contributed by atoms with Gasteiger partial charge in [0.1, 0.15) is 6.61 Å². The van der Waals surface area contributed by atoms with Gasteiger partial charge in [-0.1, -0.05) is 11.2 Å². The first-order valence-electron chi connectivity index (χ1n) is 6.57. The topological polar surface area (TPSA) is 92.6 Å². The molecule has 0 amide bonds. The molecule has 21 heavy (non-hydrogen) atoms. The van der Waals surface area contributed by atoms with Crippen molar-refractivity contribution in [2.24, 2.45) is 5.73 Å². The van der Waals surface area contributed by atoms with Crippen LogP contribution in [0.3, 0.4) is 0 Å². The fourth-order valence-electron chi connectivity index (χ4n) is 1.84. The fraction of sp³-hybridized carbons (Fsp3) is 0.429. The summed E-state index contributed by atoms with van der Waals surface area (Å²) in [6.45, 7) is 1.20. The lowest BCUT2D eigenvalue weighted by Gasteiger charge is -2.08. The van der Waals surface area contributed by atoms with Gasteiger partial charge >= 0.3 is 0 Å². The Labute approximate surface area is 123 Å². The van der Waals surface area contributed by atoms with E-state index < -0.39 is 0 Å². The maximum atomic E-state index is 5.34. The number of aromatic nitrogens is 2. The maximum Gasteiger partial charge on any atom is 0.252 e. The third-order valence-corrected chi connectivity index (χ3v) is 2.81. The van der Waals surface area contributed by atoms with Crippen molar-refractivity contribution in [2.75, 3.05) is 27.4 Å². The number of rotatable bonds is 8. The number of nitrogens with zero attached hydrogens (tertiary/aromatic N) is 2. The van der Waals surface area contributed by atoms with E-state index in [1.165, 1.54) is 0 Å². The number of nitrogens with two attached hydrogens (primary N) is 1. The molecule has 1 heterocycles. The van der Waals surface area contributed by atoms with E-state index >= 15 is 0 Å². The Morgan fingerprint density at radius 2 is 2.00 bits per heavy atom. The summed E-state index contributed by atoms with van der Waals surface area (Å²) < 4.78 is 20.8. The van der Waals surface area contributed by atoms with Gasteiger partial charge in [-0.25, -0.2) is 0 Å². The van der Waals surface area contributed by atoms with Gasteiger partial charge in [-0.2, -0.15) is 4.98 Å². The van der Waals surface area contributed by atoms with Gasteiger partial charge in [-0.3, -0.25) is 0 Å². The number of methoxy groups -OCH3 is 2. The lowest BCUT2D eigenvalue weighted by atomic mass is 10.1. The minimum Gasteiger partial charge on any atom is -0.493 e. The summed E-state index contributed by atoms with van der Waals surface area (Å²) in [5.41, 5.74) is 6.34. The molecule has 0 aliphatic carbocycles. The Hall–Kier alpha value is -2.12. The van der Waals surface area contributed by atoms with Crippen LogP contribution in [-0.2, 0) is 17.8 Å². The Kier molecular flexibility index (Phi) is 5.53. The van der Waals surface area contributed by atoms with Gasteiger partial charge in [0, 0.05) is 13.0 Å². The molecule has 2 aromatic rings. The number of hydrogen-bond donors (Lipinski definition) is 1. The van der Waals surface area contributed by atoms with Crippen LogP contribution in [0.15, 0.2) is 22.7 Å². The van der Waals surface area contributed by atoms with Crippen molar-refractivity contribution in [3.63, 3.8) is 0 Å². The Balaban J connectivity index is 2.01. The van der Waals surface area contributed by atoms with Crippen LogP contribution in [0.5, 0.6) is 11.5 Å². The van der Waals surface area contributed by atoms with Crippen LogP contribution < -0.4 is 15.2 Å². The van der Waals surface area contributed by atoms with E-state index in [4.69, 9.17) is 24.5 Å². The highest BCUT2D eigenvalue weighted by atomic mass is 16.5. The van der Waals surface area contributed by atoms with Crippen molar-refractivity contribution in [1.82, 2.24) is 10.1 Å². The molecule has 0 bridgehead atoms. The standard InChI is InChI=1S/C14H19N3O4/c1-18-11-4-3-10(7-12(11)19-2)8-13-16-14(21-17-13)9-20-6-5-15/h3-4,7H,5-6,8-9,15H2,1-2H3. The van der Waals surface area contributed by atoms with E-state index in [0.29, 0.717) is 42.8 Å². The summed E-state index contributed by atoms with van der Waals surface area (Å²) in [6, 6.07) is 5.67. The van der Waals surface area contributed by atoms with Crippen molar-refractivity contribution < 1.29 is 18.7 Å². The van der Waals surface area contributed by atoms with Crippen LogP contribution in [0.1, 0.15) is 17.3 Å². The molecule has 0 unspecified atom stereocenters. The third-order valence-electron chi connectivity index (χ3n) is 2.81. The third kappa shape index (κ3) is 4.17. The zero-order chi connectivity index (χ0) is 15.1. The molecule has 0 spiro atoms. The number of ether oxygens (including phenoxy) is 3. The molecule has 1 aromatic carbocycles. The van der Waals surface area contributed by atoms with Crippen LogP contribution in [0.4, 0.5) is 0 Å². The lowest BCUT2D eigenvalue weighted by Crippen LogP contribution is -2.08. The molecule has 114 valence electrons. The van der Waals surface area contributed by atoms with Crippen LogP contribution in [0, 0.1) is 0 Å². The van der Waals surface area contributed by atoms with E-state index in [9.17, 15) is 0 Å². The highest BCUT2D eigenvalue weighted by molar-refractivity contribution is 5.43. The molecule has 0 aliphatic heterocycles. The first kappa shape index (κ1) is 15.3. The zero-order valence-corrected chi connectivity index (χ0v) is 12.2. The normalized spacial score (nSPS) is 10.6. The minimum atomic E-state index is 0.274. The highest BCUT2D eigenvalue weighted by Crippen LogP contribution is 2.28. The van der Waals surface area contributed by atoms with E-state index in [0.717, 1.165) is 5.56 Å². The predicted molar refractivity (Wildman–Crippen MR) is 75.4 cm³/mol. The van der Waals surface area contributed by atoms with Crippen LogP contribution in [0.2, 0.25) is 0 Å². The van der Waals surface area contributed by atoms with E-state index in [1.54, 1.807) is 14.2 Å². The monoisotopic (exact) mass is 293 g/mol. The van der Waals surface area contributed by atoms with Gasteiger partial charge in [0.15, 0.2) is 17.3 Å². The predicted octanol–water partition coefficient (Wildman–Crippen LogP) is 1.15. The van der Waals surface area contributed by atoms with Crippen LogP contribution in [0.25, 0.3) is 0 Å². The van der Waals surface area contributed by atoms with Crippen molar-refractivity contribution >= 4 is 0 Å². The second-order valence-corrected chi connectivity index (χ2v) is 4.31. The molecule has 7 heteroatoms. The van der Waals surface area contributed by atoms with E-state index in [-0.39, 0.29) is 6.61 Å². The largest absolute Gasteiger partial charge is 0.493 e. The molecule has 0 saturated heterocycles. The van der Waals surface area contributed by atoms with Gasteiger partial charge < -0.3 is 24.5 Å². The molecule has 0 fully saturated rings. The average molecular weight is 293 g/mol. The summed E-state index contributed by atoms with van der Waals surface area (Å²) in [7, 11) is 3.20. The summed E-state index contributed by atoms with van der Waals surface area (Å²) in [4.78, 5) is 4.26. The lowest BCUT2D eigenvalue weighted by molar-refractivity contribution is 0.104. The summed E-state index contributed by atoms with van der Waals surface area (Å²) in [5.74, 6) is 2.39. The molecule has 0 atom stereocenters. The average Bonchev–Trinajstić information content (AvgIpc) is 2.95. The molecule has 0 aliphatic rings. The SMILES string of the molecule is COc1ccc(Cc2noc(COCCN)n2)cc1OC.